The van der Waals surface area contributed by atoms with Crippen molar-refractivity contribution in [1.82, 2.24) is 4.57 Å². The molecule has 4 heteroatoms. The summed E-state index contributed by atoms with van der Waals surface area (Å²) < 4.78 is 4.51. The molecule has 0 unspecified atom stereocenters. The number of hydrogen-bond donors (Lipinski definition) is 2. The van der Waals surface area contributed by atoms with Crippen molar-refractivity contribution in [3.63, 3.8) is 0 Å². The Hall–Kier alpha value is -0.900. The van der Waals surface area contributed by atoms with E-state index in [-0.39, 0.29) is 11.7 Å². The van der Waals surface area contributed by atoms with Crippen molar-refractivity contribution in [2.75, 3.05) is 4.72 Å². The highest BCUT2D eigenvalue weighted by Gasteiger charge is 2.14. The van der Waals surface area contributed by atoms with E-state index in [2.05, 4.69) is 17.5 Å². The third kappa shape index (κ3) is 2.06. The Morgan fingerprint density at radius 3 is 2.62 bits per heavy atom. The maximum absolute atomic E-state index is 11.6. The maximum atomic E-state index is 11.6. The Bertz CT molecular complexity index is 317. The minimum Gasteiger partial charge on any atom is -0.346 e. The monoisotopic (exact) mass is 198 g/mol. The van der Waals surface area contributed by atoms with Gasteiger partial charge in [-0.25, -0.2) is 0 Å². The van der Waals surface area contributed by atoms with E-state index in [4.69, 9.17) is 0 Å². The molecule has 0 aliphatic heterocycles. The number of anilines is 1. The Labute approximate surface area is 83.7 Å². The number of thiol groups is 1. The van der Waals surface area contributed by atoms with Gasteiger partial charge >= 0.3 is 0 Å². The van der Waals surface area contributed by atoms with E-state index >= 15 is 0 Å². The van der Waals surface area contributed by atoms with Crippen LogP contribution in [0.1, 0.15) is 24.3 Å². The molecule has 0 aliphatic rings. The lowest BCUT2D eigenvalue weighted by Gasteiger charge is -2.03. The number of aryl methyl sites for hydroxylation is 1. The molecule has 1 aromatic heterocycles. The fourth-order valence-corrected chi connectivity index (χ4v) is 1.29. The summed E-state index contributed by atoms with van der Waals surface area (Å²) in [5.41, 5.74) is 1.56. The predicted octanol–water partition coefficient (Wildman–Crippen LogP) is 2.12. The molecule has 1 rings (SSSR count). The quantitative estimate of drug-likeness (QED) is 0.576. The summed E-state index contributed by atoms with van der Waals surface area (Å²) in [5, 5.41) is 0. The lowest BCUT2D eigenvalue weighted by Crippen LogP contribution is -2.11. The van der Waals surface area contributed by atoms with Gasteiger partial charge in [0, 0.05) is 19.2 Å². The fourth-order valence-electron chi connectivity index (χ4n) is 1.17. The Morgan fingerprint density at radius 1 is 1.62 bits per heavy atom. The average Bonchev–Trinajstić information content (AvgIpc) is 2.45. The summed E-state index contributed by atoms with van der Waals surface area (Å²) >= 11 is 3.92. The summed E-state index contributed by atoms with van der Waals surface area (Å²) in [6, 6.07) is 1.80. The van der Waals surface area contributed by atoms with Crippen molar-refractivity contribution in [3.8, 4) is 0 Å². The molecule has 0 aliphatic carbocycles. The van der Waals surface area contributed by atoms with Crippen LogP contribution >= 0.6 is 12.8 Å². The number of ketones is 1. The van der Waals surface area contributed by atoms with E-state index in [0.29, 0.717) is 5.69 Å². The standard InChI is InChI=1S/C9H14N2OS/c1-6(2)9(12)8-4-7(10-13)5-11(8)3/h4-6,10,13H,1-3H3. The van der Waals surface area contributed by atoms with Crippen molar-refractivity contribution in [2.45, 2.75) is 13.8 Å². The molecule has 1 aromatic rings. The minimum absolute atomic E-state index is 0.0290. The molecule has 0 spiro atoms. The molecule has 72 valence electrons. The molecular weight excluding hydrogens is 184 g/mol. The second-order valence-electron chi connectivity index (χ2n) is 3.36. The summed E-state index contributed by atoms with van der Waals surface area (Å²) in [5.74, 6) is 0.179. The van der Waals surface area contributed by atoms with E-state index < -0.39 is 0 Å². The van der Waals surface area contributed by atoms with Crippen LogP contribution in [-0.4, -0.2) is 10.4 Å². The highest BCUT2D eigenvalue weighted by molar-refractivity contribution is 7.81. The molecule has 0 amide bonds. The second-order valence-corrected chi connectivity index (χ2v) is 3.58. The van der Waals surface area contributed by atoms with Crippen molar-refractivity contribution in [1.29, 1.82) is 0 Å². The molecular formula is C9H14N2OS. The maximum Gasteiger partial charge on any atom is 0.181 e. The summed E-state index contributed by atoms with van der Waals surface area (Å²) in [7, 11) is 1.85. The molecule has 0 fully saturated rings. The largest absolute Gasteiger partial charge is 0.346 e. The lowest BCUT2D eigenvalue weighted by atomic mass is 10.1. The molecule has 0 radical (unpaired) electrons. The zero-order chi connectivity index (χ0) is 10.0. The first kappa shape index (κ1) is 10.2. The molecule has 13 heavy (non-hydrogen) atoms. The SMILES string of the molecule is CC(C)C(=O)c1cc(NS)cn1C. The van der Waals surface area contributed by atoms with E-state index in [1.807, 2.05) is 27.1 Å². The van der Waals surface area contributed by atoms with Crippen LogP contribution in [0.25, 0.3) is 0 Å². The van der Waals surface area contributed by atoms with E-state index in [1.165, 1.54) is 0 Å². The van der Waals surface area contributed by atoms with Gasteiger partial charge in [0.1, 0.15) is 0 Å². The van der Waals surface area contributed by atoms with Crippen LogP contribution in [-0.2, 0) is 7.05 Å². The molecule has 0 atom stereocenters. The summed E-state index contributed by atoms with van der Waals surface area (Å²) in [6.45, 7) is 3.78. The number of rotatable bonds is 3. The van der Waals surface area contributed by atoms with Gasteiger partial charge in [-0.2, -0.15) is 0 Å². The Balaban J connectivity index is 3.00. The molecule has 1 N–H and O–H groups in total. The van der Waals surface area contributed by atoms with Crippen LogP contribution in [0.2, 0.25) is 0 Å². The second kappa shape index (κ2) is 3.87. The van der Waals surface area contributed by atoms with Gasteiger partial charge in [-0.05, 0) is 6.07 Å². The smallest absolute Gasteiger partial charge is 0.181 e. The normalized spacial score (nSPS) is 10.5. The first-order valence-electron chi connectivity index (χ1n) is 4.17. The fraction of sp³-hybridized carbons (Fsp3) is 0.444. The third-order valence-electron chi connectivity index (χ3n) is 1.91. The highest BCUT2D eigenvalue weighted by atomic mass is 32.1. The van der Waals surface area contributed by atoms with Gasteiger partial charge in [-0.3, -0.25) is 4.79 Å². The Kier molecular flexibility index (Phi) is 3.03. The number of nitrogens with one attached hydrogen (secondary N) is 1. The number of aromatic nitrogens is 1. The van der Waals surface area contributed by atoms with E-state index in [1.54, 1.807) is 10.6 Å². The number of nitrogens with zero attached hydrogens (tertiary/aromatic N) is 1. The van der Waals surface area contributed by atoms with E-state index in [0.717, 1.165) is 5.69 Å². The van der Waals surface area contributed by atoms with Crippen LogP contribution < -0.4 is 4.72 Å². The molecule has 1 heterocycles. The van der Waals surface area contributed by atoms with Crippen LogP contribution in [0.4, 0.5) is 5.69 Å². The van der Waals surface area contributed by atoms with Crippen molar-refractivity contribution < 1.29 is 4.79 Å². The molecule has 0 bridgehead atoms. The highest BCUT2D eigenvalue weighted by Crippen LogP contribution is 2.16. The molecule has 0 aromatic carbocycles. The van der Waals surface area contributed by atoms with Gasteiger partial charge in [-0.1, -0.05) is 26.7 Å². The van der Waals surface area contributed by atoms with Crippen molar-refractivity contribution in [3.05, 3.63) is 18.0 Å². The van der Waals surface area contributed by atoms with Crippen LogP contribution in [0.5, 0.6) is 0 Å². The van der Waals surface area contributed by atoms with Gasteiger partial charge < -0.3 is 9.29 Å². The van der Waals surface area contributed by atoms with Crippen LogP contribution in [0, 0.1) is 5.92 Å². The van der Waals surface area contributed by atoms with Crippen molar-refractivity contribution in [2.24, 2.45) is 13.0 Å². The molecule has 0 saturated heterocycles. The first-order valence-corrected chi connectivity index (χ1v) is 4.61. The molecule has 3 nitrogen and oxygen atoms in total. The number of hydrogen-bond acceptors (Lipinski definition) is 3. The van der Waals surface area contributed by atoms with Crippen LogP contribution in [0.3, 0.4) is 0 Å². The third-order valence-corrected chi connectivity index (χ3v) is 2.17. The number of carbonyl (C=O) groups is 1. The Morgan fingerprint density at radius 2 is 2.23 bits per heavy atom. The zero-order valence-corrected chi connectivity index (χ0v) is 8.93. The van der Waals surface area contributed by atoms with Gasteiger partial charge in [0.05, 0.1) is 11.4 Å². The minimum atomic E-state index is 0.0290. The van der Waals surface area contributed by atoms with E-state index in [9.17, 15) is 4.79 Å². The topological polar surface area (TPSA) is 34.0 Å². The zero-order valence-electron chi connectivity index (χ0n) is 8.03. The first-order chi connectivity index (χ1) is 6.06. The summed E-state index contributed by atoms with van der Waals surface area (Å²) in [4.78, 5) is 11.6. The van der Waals surface area contributed by atoms with Crippen LogP contribution in [0.15, 0.2) is 12.3 Å². The summed E-state index contributed by atoms with van der Waals surface area (Å²) in [6.07, 6.45) is 1.84. The van der Waals surface area contributed by atoms with Gasteiger partial charge in [0.25, 0.3) is 0 Å². The number of Topliss-reactive ketones (excluding diaryl/α,β-unsaturated/α-hetero) is 1. The van der Waals surface area contributed by atoms with Crippen molar-refractivity contribution >= 4 is 24.3 Å². The number of carbonyl (C=O) groups excluding carboxylic acids is 1. The molecule has 0 saturated carbocycles. The average molecular weight is 198 g/mol. The van der Waals surface area contributed by atoms with Gasteiger partial charge in [-0.15, -0.1) is 0 Å². The van der Waals surface area contributed by atoms with Gasteiger partial charge in [0.2, 0.25) is 0 Å². The lowest BCUT2D eigenvalue weighted by molar-refractivity contribution is 0.0931. The van der Waals surface area contributed by atoms with Gasteiger partial charge in [0.15, 0.2) is 5.78 Å². The predicted molar refractivity (Wildman–Crippen MR) is 57.2 cm³/mol.